The van der Waals surface area contributed by atoms with Crippen molar-refractivity contribution in [3.05, 3.63) is 17.4 Å². The Morgan fingerprint density at radius 3 is 3.00 bits per heavy atom. The lowest BCUT2D eigenvalue weighted by Gasteiger charge is -2.14. The summed E-state index contributed by atoms with van der Waals surface area (Å²) in [5, 5.41) is 7.40. The van der Waals surface area contributed by atoms with E-state index in [0.29, 0.717) is 18.2 Å². The number of hydrogen-bond donors (Lipinski definition) is 1. The molecule has 1 unspecified atom stereocenters. The smallest absolute Gasteiger partial charge is 0.325 e. The maximum atomic E-state index is 11.4. The van der Waals surface area contributed by atoms with E-state index < -0.39 is 6.04 Å². The van der Waals surface area contributed by atoms with Gasteiger partial charge < -0.3 is 10.1 Å². The maximum Gasteiger partial charge on any atom is 0.325 e. The van der Waals surface area contributed by atoms with Gasteiger partial charge in [0.1, 0.15) is 6.04 Å². The number of esters is 1. The lowest BCUT2D eigenvalue weighted by Crippen LogP contribution is -2.39. The van der Waals surface area contributed by atoms with E-state index >= 15 is 0 Å². The van der Waals surface area contributed by atoms with Gasteiger partial charge in [-0.05, 0) is 14.0 Å². The number of nitrogens with one attached hydrogen (secondary N) is 1. The third kappa shape index (κ3) is 3.53. The van der Waals surface area contributed by atoms with Gasteiger partial charge in [-0.15, -0.1) is 0 Å². The third-order valence-corrected chi connectivity index (χ3v) is 2.09. The summed E-state index contributed by atoms with van der Waals surface area (Å²) >= 11 is 5.71. The van der Waals surface area contributed by atoms with Crippen LogP contribution in [0.25, 0.3) is 0 Å². The molecule has 1 heterocycles. The predicted octanol–water partition coefficient (Wildman–Crippen LogP) is 0.688. The van der Waals surface area contributed by atoms with Gasteiger partial charge in [-0.3, -0.25) is 9.48 Å². The second kappa shape index (κ2) is 5.72. The molecule has 0 aliphatic rings. The van der Waals surface area contributed by atoms with Crippen molar-refractivity contribution in [2.24, 2.45) is 0 Å². The van der Waals surface area contributed by atoms with E-state index in [9.17, 15) is 4.79 Å². The molecule has 1 aromatic rings. The van der Waals surface area contributed by atoms with Crippen LogP contribution in [0.5, 0.6) is 0 Å². The number of aromatic nitrogens is 2. The molecule has 0 saturated carbocycles. The highest BCUT2D eigenvalue weighted by Crippen LogP contribution is 2.05. The van der Waals surface area contributed by atoms with Gasteiger partial charge in [0, 0.05) is 6.20 Å². The second-order valence-corrected chi connectivity index (χ2v) is 3.41. The maximum absolute atomic E-state index is 11.4. The van der Waals surface area contributed by atoms with Crippen LogP contribution >= 0.6 is 11.6 Å². The number of rotatable bonds is 5. The van der Waals surface area contributed by atoms with E-state index in [4.69, 9.17) is 16.3 Å². The zero-order valence-corrected chi connectivity index (χ0v) is 9.49. The molecule has 0 amide bonds. The minimum absolute atomic E-state index is 0.286. The van der Waals surface area contributed by atoms with Crippen LogP contribution in [-0.4, -0.2) is 35.4 Å². The summed E-state index contributed by atoms with van der Waals surface area (Å²) in [7, 11) is 1.70. The summed E-state index contributed by atoms with van der Waals surface area (Å²) in [6.45, 7) is 2.55. The second-order valence-electron chi connectivity index (χ2n) is 2.97. The fraction of sp³-hybridized carbons (Fsp3) is 0.556. The Morgan fingerprint density at radius 1 is 1.80 bits per heavy atom. The Kier molecular flexibility index (Phi) is 4.58. The number of carbonyl (C=O) groups excluding carboxylic acids is 1. The minimum atomic E-state index is -0.402. The topological polar surface area (TPSA) is 56.2 Å². The quantitative estimate of drug-likeness (QED) is 0.758. The van der Waals surface area contributed by atoms with E-state index in [1.165, 1.54) is 6.20 Å². The highest BCUT2D eigenvalue weighted by Gasteiger charge is 2.18. The lowest BCUT2D eigenvalue weighted by molar-refractivity contribution is -0.145. The fourth-order valence-electron chi connectivity index (χ4n) is 1.15. The fourth-order valence-corrected chi connectivity index (χ4v) is 1.31. The Hall–Kier alpha value is -1.07. The molecule has 0 saturated heterocycles. The largest absolute Gasteiger partial charge is 0.465 e. The molecule has 0 bridgehead atoms. The van der Waals surface area contributed by atoms with Crippen molar-refractivity contribution in [3.8, 4) is 0 Å². The summed E-state index contributed by atoms with van der Waals surface area (Å²) in [6, 6.07) is -0.402. The summed E-state index contributed by atoms with van der Waals surface area (Å²) < 4.78 is 6.50. The lowest BCUT2D eigenvalue weighted by atomic mass is 10.3. The first-order valence-corrected chi connectivity index (χ1v) is 5.07. The highest BCUT2D eigenvalue weighted by molar-refractivity contribution is 6.30. The molecule has 0 aliphatic heterocycles. The number of likely N-dealkylation sites (N-methyl/N-ethyl adjacent to an activating group) is 1. The number of ether oxygens (including phenoxy) is 1. The molecule has 1 N–H and O–H groups in total. The van der Waals surface area contributed by atoms with Gasteiger partial charge in [0.05, 0.1) is 24.4 Å². The molecule has 15 heavy (non-hydrogen) atoms. The molecular weight excluding hydrogens is 218 g/mol. The molecule has 1 aromatic heterocycles. The van der Waals surface area contributed by atoms with Crippen LogP contribution in [0.4, 0.5) is 0 Å². The molecule has 6 heteroatoms. The zero-order chi connectivity index (χ0) is 11.3. The van der Waals surface area contributed by atoms with Crippen LogP contribution in [0.1, 0.15) is 6.92 Å². The van der Waals surface area contributed by atoms with Gasteiger partial charge in [-0.2, -0.15) is 5.10 Å². The number of hydrogen-bond acceptors (Lipinski definition) is 4. The van der Waals surface area contributed by atoms with Crippen molar-refractivity contribution in [1.82, 2.24) is 15.1 Å². The molecule has 0 fully saturated rings. The Bertz CT molecular complexity index is 327. The SMILES string of the molecule is CCOC(=O)C(Cn1cc(Cl)cn1)NC. The summed E-state index contributed by atoms with van der Waals surface area (Å²) in [6.07, 6.45) is 3.19. The van der Waals surface area contributed by atoms with Gasteiger partial charge in [0.25, 0.3) is 0 Å². The molecule has 1 rings (SSSR count). The number of carbonyl (C=O) groups is 1. The van der Waals surface area contributed by atoms with E-state index in [1.807, 2.05) is 0 Å². The first kappa shape index (κ1) is 12.0. The molecule has 0 aromatic carbocycles. The minimum Gasteiger partial charge on any atom is -0.465 e. The Morgan fingerprint density at radius 2 is 2.53 bits per heavy atom. The molecular formula is C9H14ClN3O2. The Balaban J connectivity index is 2.57. The van der Waals surface area contributed by atoms with E-state index in [2.05, 4.69) is 10.4 Å². The van der Waals surface area contributed by atoms with Gasteiger partial charge in [-0.25, -0.2) is 0 Å². The first-order valence-electron chi connectivity index (χ1n) is 4.69. The van der Waals surface area contributed by atoms with Gasteiger partial charge in [0.2, 0.25) is 0 Å². The van der Waals surface area contributed by atoms with Crippen LogP contribution in [0.3, 0.4) is 0 Å². The van der Waals surface area contributed by atoms with Crippen molar-refractivity contribution in [3.63, 3.8) is 0 Å². The van der Waals surface area contributed by atoms with E-state index in [1.54, 1.807) is 24.9 Å². The van der Waals surface area contributed by atoms with Crippen LogP contribution < -0.4 is 5.32 Å². The van der Waals surface area contributed by atoms with Crippen molar-refractivity contribution in [2.75, 3.05) is 13.7 Å². The Labute approximate surface area is 93.4 Å². The standard InChI is InChI=1S/C9H14ClN3O2/c1-3-15-9(14)8(11-2)6-13-5-7(10)4-12-13/h4-5,8,11H,3,6H2,1-2H3. The summed E-state index contributed by atoms with van der Waals surface area (Å²) in [4.78, 5) is 11.4. The average molecular weight is 232 g/mol. The van der Waals surface area contributed by atoms with Crippen molar-refractivity contribution < 1.29 is 9.53 Å². The molecule has 0 radical (unpaired) electrons. The zero-order valence-electron chi connectivity index (χ0n) is 8.74. The molecule has 84 valence electrons. The van der Waals surface area contributed by atoms with E-state index in [-0.39, 0.29) is 5.97 Å². The predicted molar refractivity (Wildman–Crippen MR) is 56.7 cm³/mol. The highest BCUT2D eigenvalue weighted by atomic mass is 35.5. The average Bonchev–Trinajstić information content (AvgIpc) is 2.61. The molecule has 5 nitrogen and oxygen atoms in total. The van der Waals surface area contributed by atoms with Crippen LogP contribution in [0.2, 0.25) is 5.02 Å². The van der Waals surface area contributed by atoms with Crippen LogP contribution in [0, 0.1) is 0 Å². The number of halogens is 1. The summed E-state index contributed by atoms with van der Waals surface area (Å²) in [5.74, 6) is -0.286. The molecule has 0 aliphatic carbocycles. The van der Waals surface area contributed by atoms with Gasteiger partial charge in [-0.1, -0.05) is 11.6 Å². The normalized spacial score (nSPS) is 12.5. The number of nitrogens with zero attached hydrogens (tertiary/aromatic N) is 2. The van der Waals surface area contributed by atoms with Crippen LogP contribution in [-0.2, 0) is 16.1 Å². The van der Waals surface area contributed by atoms with E-state index in [0.717, 1.165) is 0 Å². The van der Waals surface area contributed by atoms with Gasteiger partial charge >= 0.3 is 5.97 Å². The van der Waals surface area contributed by atoms with Gasteiger partial charge in [0.15, 0.2) is 0 Å². The van der Waals surface area contributed by atoms with Crippen molar-refractivity contribution in [2.45, 2.75) is 19.5 Å². The molecule has 0 spiro atoms. The summed E-state index contributed by atoms with van der Waals surface area (Å²) in [5.41, 5.74) is 0. The van der Waals surface area contributed by atoms with Crippen LogP contribution in [0.15, 0.2) is 12.4 Å². The monoisotopic (exact) mass is 231 g/mol. The van der Waals surface area contributed by atoms with Crippen molar-refractivity contribution in [1.29, 1.82) is 0 Å². The van der Waals surface area contributed by atoms with Crippen molar-refractivity contribution >= 4 is 17.6 Å². The molecule has 1 atom stereocenters. The first-order chi connectivity index (χ1) is 7.17. The third-order valence-electron chi connectivity index (χ3n) is 1.89.